The number of hydrogen-bond acceptors (Lipinski definition) is 0. The van der Waals surface area contributed by atoms with Gasteiger partial charge in [-0.3, -0.25) is 0 Å². The Morgan fingerprint density at radius 1 is 1.18 bits per heavy atom. The molecule has 0 heterocycles. The first kappa shape index (κ1) is 8.49. The molecular weight excluding hydrogens is 167 g/mol. The first-order valence-electron chi connectivity index (χ1n) is 2.94. The van der Waals surface area contributed by atoms with Crippen LogP contribution in [0.3, 0.4) is 0 Å². The van der Waals surface area contributed by atoms with Crippen molar-refractivity contribution in [2.75, 3.05) is 0 Å². The summed E-state index contributed by atoms with van der Waals surface area (Å²) in [5.41, 5.74) is 0. The Labute approximate surface area is 59.7 Å². The molecule has 0 amide bonds. The van der Waals surface area contributed by atoms with Crippen LogP contribution in [-0.4, -0.2) is 11.8 Å². The summed E-state index contributed by atoms with van der Waals surface area (Å²) in [5.74, 6) is -8.75. The molecule has 11 heavy (non-hydrogen) atoms. The summed E-state index contributed by atoms with van der Waals surface area (Å²) in [4.78, 5) is 0. The van der Waals surface area contributed by atoms with Gasteiger partial charge in [-0.2, -0.15) is 0 Å². The summed E-state index contributed by atoms with van der Waals surface area (Å²) in [6, 6.07) is 0. The van der Waals surface area contributed by atoms with Gasteiger partial charge in [0.15, 0.2) is 0 Å². The molecule has 0 spiro atoms. The fourth-order valence-electron chi connectivity index (χ4n) is 0.986. The summed E-state index contributed by atoms with van der Waals surface area (Å²) < 4.78 is 60.8. The van der Waals surface area contributed by atoms with E-state index in [0.717, 1.165) is 0 Å². The van der Waals surface area contributed by atoms with Gasteiger partial charge >= 0.3 is 0 Å². The fourth-order valence-corrected chi connectivity index (χ4v) is 0.986. The molecular formula is C6H5F5. The van der Waals surface area contributed by atoms with E-state index in [1.807, 2.05) is 0 Å². The SMILES string of the molecule is FC1=CC(F)(F)CC(F)(F)C1. The molecule has 0 N–H and O–H groups in total. The molecule has 0 aliphatic heterocycles. The number of hydrogen-bond donors (Lipinski definition) is 0. The van der Waals surface area contributed by atoms with Gasteiger partial charge < -0.3 is 0 Å². The summed E-state index contributed by atoms with van der Waals surface area (Å²) in [5, 5.41) is 0. The summed E-state index contributed by atoms with van der Waals surface area (Å²) >= 11 is 0. The van der Waals surface area contributed by atoms with Gasteiger partial charge in [-0.25, -0.2) is 22.0 Å². The third kappa shape index (κ3) is 2.17. The van der Waals surface area contributed by atoms with Crippen LogP contribution >= 0.6 is 0 Å². The van der Waals surface area contributed by atoms with Crippen molar-refractivity contribution in [1.29, 1.82) is 0 Å². The predicted molar refractivity (Wildman–Crippen MR) is 28.3 cm³/mol. The molecule has 0 nitrogen and oxygen atoms in total. The van der Waals surface area contributed by atoms with Gasteiger partial charge in [-0.05, 0) is 0 Å². The Balaban J connectivity index is 2.86. The van der Waals surface area contributed by atoms with Crippen molar-refractivity contribution in [3.63, 3.8) is 0 Å². The van der Waals surface area contributed by atoms with Crippen LogP contribution in [-0.2, 0) is 0 Å². The summed E-state index contributed by atoms with van der Waals surface area (Å²) in [6.45, 7) is 0. The molecule has 0 radical (unpaired) electrons. The maximum Gasteiger partial charge on any atom is 0.274 e. The molecule has 1 aliphatic rings. The van der Waals surface area contributed by atoms with E-state index in [4.69, 9.17) is 0 Å². The van der Waals surface area contributed by atoms with Crippen molar-refractivity contribution < 1.29 is 22.0 Å². The molecule has 0 fully saturated rings. The van der Waals surface area contributed by atoms with Gasteiger partial charge in [0, 0.05) is 6.08 Å². The quantitative estimate of drug-likeness (QED) is 0.493. The van der Waals surface area contributed by atoms with Gasteiger partial charge in [0.2, 0.25) is 0 Å². The first-order chi connectivity index (χ1) is 4.81. The van der Waals surface area contributed by atoms with E-state index < -0.39 is 30.5 Å². The van der Waals surface area contributed by atoms with Crippen LogP contribution in [0.15, 0.2) is 11.9 Å². The highest BCUT2D eigenvalue weighted by Crippen LogP contribution is 2.41. The van der Waals surface area contributed by atoms with Crippen LogP contribution in [0.1, 0.15) is 12.8 Å². The minimum Gasteiger partial charge on any atom is -0.212 e. The highest BCUT2D eigenvalue weighted by Gasteiger charge is 2.46. The van der Waals surface area contributed by atoms with Crippen molar-refractivity contribution in [2.45, 2.75) is 24.7 Å². The van der Waals surface area contributed by atoms with Gasteiger partial charge in [0.05, 0.1) is 12.8 Å². The maximum atomic E-state index is 12.2. The number of alkyl halides is 4. The van der Waals surface area contributed by atoms with Crippen molar-refractivity contribution >= 4 is 0 Å². The zero-order valence-corrected chi connectivity index (χ0v) is 5.38. The van der Waals surface area contributed by atoms with Gasteiger partial charge in [-0.15, -0.1) is 0 Å². The minimum absolute atomic E-state index is 0.0512. The normalized spacial score (nSPS) is 27.9. The van der Waals surface area contributed by atoms with Crippen LogP contribution in [0, 0.1) is 0 Å². The van der Waals surface area contributed by atoms with E-state index in [1.54, 1.807) is 0 Å². The standard InChI is InChI=1S/C6H5F5/c7-4-1-5(8,9)3-6(10,11)2-4/h1H,2-3H2. The van der Waals surface area contributed by atoms with E-state index in [9.17, 15) is 22.0 Å². The lowest BCUT2D eigenvalue weighted by Crippen LogP contribution is -2.31. The predicted octanol–water partition coefficient (Wildman–Crippen LogP) is 2.90. The Morgan fingerprint density at radius 3 is 2.09 bits per heavy atom. The minimum atomic E-state index is -3.70. The second-order valence-electron chi connectivity index (χ2n) is 2.56. The molecule has 0 aromatic heterocycles. The van der Waals surface area contributed by atoms with Crippen molar-refractivity contribution in [2.24, 2.45) is 0 Å². The Kier molecular flexibility index (Phi) is 1.69. The molecule has 5 heteroatoms. The van der Waals surface area contributed by atoms with Gasteiger partial charge in [0.1, 0.15) is 5.83 Å². The fraction of sp³-hybridized carbons (Fsp3) is 0.667. The average Bonchev–Trinajstić information content (AvgIpc) is 1.49. The third-order valence-electron chi connectivity index (χ3n) is 1.29. The van der Waals surface area contributed by atoms with Gasteiger partial charge in [0.25, 0.3) is 11.8 Å². The van der Waals surface area contributed by atoms with Crippen LogP contribution in [0.2, 0.25) is 0 Å². The van der Waals surface area contributed by atoms with E-state index in [2.05, 4.69) is 0 Å². The molecule has 0 atom stereocenters. The van der Waals surface area contributed by atoms with E-state index in [0.29, 0.717) is 0 Å². The number of halogens is 5. The van der Waals surface area contributed by atoms with E-state index in [1.165, 1.54) is 0 Å². The number of allylic oxidation sites excluding steroid dienone is 2. The lowest BCUT2D eigenvalue weighted by atomic mass is 9.99. The Bertz CT molecular complexity index is 193. The second kappa shape index (κ2) is 2.19. The largest absolute Gasteiger partial charge is 0.274 e. The molecule has 0 bridgehead atoms. The highest BCUT2D eigenvalue weighted by molar-refractivity contribution is 5.10. The molecule has 0 saturated heterocycles. The molecule has 0 unspecified atom stereocenters. The van der Waals surface area contributed by atoms with Crippen molar-refractivity contribution in [3.8, 4) is 0 Å². The smallest absolute Gasteiger partial charge is 0.212 e. The zero-order chi connectivity index (χ0) is 8.70. The monoisotopic (exact) mass is 172 g/mol. The van der Waals surface area contributed by atoms with Crippen molar-refractivity contribution in [1.82, 2.24) is 0 Å². The van der Waals surface area contributed by atoms with Gasteiger partial charge in [-0.1, -0.05) is 0 Å². The Hall–Kier alpha value is -0.610. The molecule has 0 saturated carbocycles. The maximum absolute atomic E-state index is 12.2. The molecule has 1 rings (SSSR count). The molecule has 0 aromatic rings. The second-order valence-corrected chi connectivity index (χ2v) is 2.56. The van der Waals surface area contributed by atoms with E-state index >= 15 is 0 Å². The first-order valence-corrected chi connectivity index (χ1v) is 2.94. The Morgan fingerprint density at radius 2 is 1.73 bits per heavy atom. The lowest BCUT2D eigenvalue weighted by Gasteiger charge is -2.24. The average molecular weight is 172 g/mol. The highest BCUT2D eigenvalue weighted by atomic mass is 19.3. The summed E-state index contributed by atoms with van der Waals surface area (Å²) in [7, 11) is 0. The number of rotatable bonds is 0. The molecule has 64 valence electrons. The van der Waals surface area contributed by atoms with Crippen LogP contribution < -0.4 is 0 Å². The summed E-state index contributed by atoms with van der Waals surface area (Å²) in [6.07, 6.45) is -2.85. The van der Waals surface area contributed by atoms with Crippen molar-refractivity contribution in [3.05, 3.63) is 11.9 Å². The lowest BCUT2D eigenvalue weighted by molar-refractivity contribution is -0.0993. The molecule has 1 aliphatic carbocycles. The topological polar surface area (TPSA) is 0 Å². The third-order valence-corrected chi connectivity index (χ3v) is 1.29. The van der Waals surface area contributed by atoms with Crippen LogP contribution in [0.4, 0.5) is 22.0 Å². The zero-order valence-electron chi connectivity index (χ0n) is 5.38. The van der Waals surface area contributed by atoms with E-state index in [-0.39, 0.29) is 6.08 Å². The van der Waals surface area contributed by atoms with Crippen LogP contribution in [0.5, 0.6) is 0 Å². The molecule has 0 aromatic carbocycles. The van der Waals surface area contributed by atoms with Crippen LogP contribution in [0.25, 0.3) is 0 Å².